The summed E-state index contributed by atoms with van der Waals surface area (Å²) in [5, 5.41) is 2.96. The van der Waals surface area contributed by atoms with Crippen LogP contribution in [0.3, 0.4) is 0 Å². The second kappa shape index (κ2) is 10.2. The van der Waals surface area contributed by atoms with Gasteiger partial charge in [-0.25, -0.2) is 9.37 Å². The molecule has 186 valence electrons. The number of carbonyl (C=O) groups is 2. The third kappa shape index (κ3) is 4.93. The number of halogens is 1. The maximum atomic E-state index is 13.9. The van der Waals surface area contributed by atoms with Crippen LogP contribution in [0.25, 0.3) is 0 Å². The van der Waals surface area contributed by atoms with E-state index >= 15 is 0 Å². The summed E-state index contributed by atoms with van der Waals surface area (Å²) in [6, 6.07) is 25.4. The first-order chi connectivity index (χ1) is 17.9. The van der Waals surface area contributed by atoms with Crippen LogP contribution in [0.2, 0.25) is 0 Å². The van der Waals surface area contributed by atoms with E-state index < -0.39 is 12.0 Å². The lowest BCUT2D eigenvalue weighted by Crippen LogP contribution is -2.45. The first kappa shape index (κ1) is 24.2. The van der Waals surface area contributed by atoms with E-state index in [4.69, 9.17) is 4.74 Å². The van der Waals surface area contributed by atoms with Crippen molar-refractivity contribution in [1.82, 2.24) is 9.88 Å². The van der Waals surface area contributed by atoms with Gasteiger partial charge in [0.05, 0.1) is 19.1 Å². The summed E-state index contributed by atoms with van der Waals surface area (Å²) in [6.07, 6.45) is 0. The Morgan fingerprint density at radius 1 is 0.973 bits per heavy atom. The van der Waals surface area contributed by atoms with Gasteiger partial charge in [-0.2, -0.15) is 0 Å². The van der Waals surface area contributed by atoms with Crippen molar-refractivity contribution in [2.75, 3.05) is 12.4 Å². The van der Waals surface area contributed by atoms with E-state index in [0.717, 1.165) is 16.8 Å². The van der Waals surface area contributed by atoms with Gasteiger partial charge in [0.1, 0.15) is 17.4 Å². The average Bonchev–Trinajstić information content (AvgIpc) is 2.91. The van der Waals surface area contributed by atoms with E-state index in [2.05, 4.69) is 10.3 Å². The lowest BCUT2D eigenvalue weighted by molar-refractivity contribution is -0.119. The molecule has 0 fully saturated rings. The normalized spacial score (nSPS) is 16.7. The fraction of sp³-hybridized carbons (Fsp3) is 0.167. The molecule has 0 bridgehead atoms. The number of benzene rings is 3. The van der Waals surface area contributed by atoms with Crippen LogP contribution in [-0.2, 0) is 11.3 Å². The fourth-order valence-corrected chi connectivity index (χ4v) is 4.83. The number of rotatable bonds is 6. The second-order valence-corrected chi connectivity index (χ2v) is 9.00. The zero-order chi connectivity index (χ0) is 25.9. The molecule has 1 aliphatic rings. The maximum absolute atomic E-state index is 13.9. The van der Waals surface area contributed by atoms with Crippen LogP contribution in [-0.4, -0.2) is 28.8 Å². The standard InChI is InChI=1S/C30H26FN3O3/c1-19-6-5-9-26(32-19)33-29(35)27-24-7-3-4-8-25(24)30(36)34(18-20-10-14-22(31)15-11-20)28(27)21-12-16-23(37-2)17-13-21/h3-17,27-28H,18H2,1-2H3,(H,32,33,35)/t27-,28+/m0/s1. The van der Waals surface area contributed by atoms with Crippen LogP contribution >= 0.6 is 0 Å². The van der Waals surface area contributed by atoms with Crippen LogP contribution in [0.5, 0.6) is 5.75 Å². The third-order valence-electron chi connectivity index (χ3n) is 6.58. The number of methoxy groups -OCH3 is 1. The molecular weight excluding hydrogens is 469 g/mol. The number of pyridine rings is 1. The van der Waals surface area contributed by atoms with Crippen molar-refractivity contribution in [3.63, 3.8) is 0 Å². The number of carbonyl (C=O) groups excluding carboxylic acids is 2. The Kier molecular flexibility index (Phi) is 6.68. The molecule has 7 heteroatoms. The van der Waals surface area contributed by atoms with Gasteiger partial charge in [0, 0.05) is 17.8 Å². The summed E-state index contributed by atoms with van der Waals surface area (Å²) >= 11 is 0. The highest BCUT2D eigenvalue weighted by Crippen LogP contribution is 2.44. The number of nitrogens with zero attached hydrogens (tertiary/aromatic N) is 2. The highest BCUT2D eigenvalue weighted by Gasteiger charge is 2.44. The van der Waals surface area contributed by atoms with Gasteiger partial charge in [-0.05, 0) is 66.1 Å². The number of aromatic nitrogens is 1. The number of nitrogens with one attached hydrogen (secondary N) is 1. The largest absolute Gasteiger partial charge is 0.497 e. The minimum absolute atomic E-state index is 0.196. The van der Waals surface area contributed by atoms with E-state index in [9.17, 15) is 14.0 Å². The van der Waals surface area contributed by atoms with Gasteiger partial charge in [0.25, 0.3) is 5.91 Å². The molecule has 0 unspecified atom stereocenters. The molecule has 5 rings (SSSR count). The van der Waals surface area contributed by atoms with Crippen LogP contribution in [0, 0.1) is 12.7 Å². The smallest absolute Gasteiger partial charge is 0.255 e. The monoisotopic (exact) mass is 495 g/mol. The van der Waals surface area contributed by atoms with Crippen molar-refractivity contribution >= 4 is 17.6 Å². The van der Waals surface area contributed by atoms with E-state index in [0.29, 0.717) is 22.7 Å². The van der Waals surface area contributed by atoms with Crippen molar-refractivity contribution in [2.45, 2.75) is 25.4 Å². The van der Waals surface area contributed by atoms with Gasteiger partial charge in [0.2, 0.25) is 5.91 Å². The number of ether oxygens (including phenoxy) is 1. The van der Waals surface area contributed by atoms with E-state index in [-0.39, 0.29) is 24.2 Å². The molecule has 2 amide bonds. The number of fused-ring (bicyclic) bond motifs is 1. The summed E-state index contributed by atoms with van der Waals surface area (Å²) in [5.74, 6) is -0.431. The molecule has 1 N–H and O–H groups in total. The fourth-order valence-electron chi connectivity index (χ4n) is 4.83. The highest BCUT2D eigenvalue weighted by molar-refractivity contribution is 6.04. The van der Waals surface area contributed by atoms with E-state index in [1.807, 2.05) is 55.5 Å². The zero-order valence-corrected chi connectivity index (χ0v) is 20.5. The number of aryl methyl sites for hydroxylation is 1. The van der Waals surface area contributed by atoms with Crippen molar-refractivity contribution in [3.05, 3.63) is 125 Å². The molecule has 2 heterocycles. The second-order valence-electron chi connectivity index (χ2n) is 9.00. The molecular formula is C30H26FN3O3. The van der Waals surface area contributed by atoms with Gasteiger partial charge < -0.3 is 15.0 Å². The quantitative estimate of drug-likeness (QED) is 0.375. The predicted octanol–water partition coefficient (Wildman–Crippen LogP) is 5.66. The van der Waals surface area contributed by atoms with Crippen molar-refractivity contribution in [3.8, 4) is 5.75 Å². The first-order valence-corrected chi connectivity index (χ1v) is 12.0. The van der Waals surface area contributed by atoms with Gasteiger partial charge in [-0.3, -0.25) is 9.59 Å². The van der Waals surface area contributed by atoms with Crippen LogP contribution in [0.15, 0.2) is 91.0 Å². The Balaban J connectivity index is 1.63. The summed E-state index contributed by atoms with van der Waals surface area (Å²) in [5.41, 5.74) is 3.43. The summed E-state index contributed by atoms with van der Waals surface area (Å²) in [6.45, 7) is 2.06. The van der Waals surface area contributed by atoms with E-state index in [1.54, 1.807) is 42.3 Å². The number of hydrogen-bond donors (Lipinski definition) is 1. The highest BCUT2D eigenvalue weighted by atomic mass is 19.1. The summed E-state index contributed by atoms with van der Waals surface area (Å²) in [4.78, 5) is 33.9. The Morgan fingerprint density at radius 2 is 1.70 bits per heavy atom. The average molecular weight is 496 g/mol. The van der Waals surface area contributed by atoms with Gasteiger partial charge in [-0.1, -0.05) is 48.5 Å². The molecule has 0 saturated heterocycles. The Morgan fingerprint density at radius 3 is 2.41 bits per heavy atom. The molecule has 3 aromatic carbocycles. The van der Waals surface area contributed by atoms with Crippen LogP contribution < -0.4 is 10.1 Å². The SMILES string of the molecule is COc1ccc([C@@H]2[C@@H](C(=O)Nc3cccc(C)n3)c3ccccc3C(=O)N2Cc2ccc(F)cc2)cc1. The maximum Gasteiger partial charge on any atom is 0.255 e. The van der Waals surface area contributed by atoms with E-state index in [1.165, 1.54) is 12.1 Å². The molecule has 0 spiro atoms. The molecule has 6 nitrogen and oxygen atoms in total. The van der Waals surface area contributed by atoms with Crippen molar-refractivity contribution in [1.29, 1.82) is 0 Å². The lowest BCUT2D eigenvalue weighted by atomic mass is 9.79. The number of amides is 2. The molecule has 1 aromatic heterocycles. The third-order valence-corrected chi connectivity index (χ3v) is 6.58. The Labute approximate surface area is 214 Å². The molecule has 0 saturated carbocycles. The molecule has 0 radical (unpaired) electrons. The van der Waals surface area contributed by atoms with Gasteiger partial charge >= 0.3 is 0 Å². The first-order valence-electron chi connectivity index (χ1n) is 12.0. The number of anilines is 1. The molecule has 1 aliphatic heterocycles. The minimum Gasteiger partial charge on any atom is -0.497 e. The van der Waals surface area contributed by atoms with Crippen LogP contribution in [0.1, 0.15) is 44.7 Å². The Bertz CT molecular complexity index is 1440. The van der Waals surface area contributed by atoms with Crippen molar-refractivity contribution < 1.29 is 18.7 Å². The molecule has 4 aromatic rings. The summed E-state index contributed by atoms with van der Waals surface area (Å²) < 4.78 is 18.9. The van der Waals surface area contributed by atoms with Crippen molar-refractivity contribution in [2.24, 2.45) is 0 Å². The number of hydrogen-bond acceptors (Lipinski definition) is 4. The molecule has 0 aliphatic carbocycles. The van der Waals surface area contributed by atoms with Crippen LogP contribution in [0.4, 0.5) is 10.2 Å². The Hall–Kier alpha value is -4.52. The van der Waals surface area contributed by atoms with Gasteiger partial charge in [-0.15, -0.1) is 0 Å². The lowest BCUT2D eigenvalue weighted by Gasteiger charge is -2.42. The minimum atomic E-state index is -0.718. The molecule has 37 heavy (non-hydrogen) atoms. The zero-order valence-electron chi connectivity index (χ0n) is 20.5. The predicted molar refractivity (Wildman–Crippen MR) is 139 cm³/mol. The topological polar surface area (TPSA) is 71.5 Å². The molecule has 2 atom stereocenters. The summed E-state index contributed by atoms with van der Waals surface area (Å²) in [7, 11) is 1.58. The van der Waals surface area contributed by atoms with Gasteiger partial charge in [0.15, 0.2) is 0 Å².